The zero-order valence-electron chi connectivity index (χ0n) is 23.3. The van der Waals surface area contributed by atoms with Crippen molar-refractivity contribution in [3.63, 3.8) is 0 Å². The zero-order chi connectivity index (χ0) is 30.7. The molecule has 2 amide bonds. The van der Waals surface area contributed by atoms with Crippen LogP contribution in [0.4, 0.5) is 13.2 Å². The minimum absolute atomic E-state index is 0.00865. The fraction of sp³-hybridized carbons (Fsp3) is 0.312. The van der Waals surface area contributed by atoms with E-state index in [1.807, 2.05) is 12.1 Å². The van der Waals surface area contributed by atoms with Crippen molar-refractivity contribution >= 4 is 11.8 Å². The average molecular weight is 597 g/mol. The Kier molecular flexibility index (Phi) is 8.74. The van der Waals surface area contributed by atoms with Gasteiger partial charge in [0, 0.05) is 29.8 Å². The van der Waals surface area contributed by atoms with Crippen LogP contribution in [0.25, 0.3) is 0 Å². The van der Waals surface area contributed by atoms with Crippen molar-refractivity contribution in [3.05, 3.63) is 107 Å². The van der Waals surface area contributed by atoms with Crippen molar-refractivity contribution in [3.8, 4) is 11.5 Å². The summed E-state index contributed by atoms with van der Waals surface area (Å²) in [5, 5.41) is 23.6. The van der Waals surface area contributed by atoms with Crippen LogP contribution >= 0.6 is 0 Å². The van der Waals surface area contributed by atoms with Crippen molar-refractivity contribution in [1.29, 1.82) is 0 Å². The molecule has 43 heavy (non-hydrogen) atoms. The number of nitrogens with zero attached hydrogens (tertiary/aromatic N) is 1. The summed E-state index contributed by atoms with van der Waals surface area (Å²) in [6, 6.07) is 17.1. The van der Waals surface area contributed by atoms with Crippen molar-refractivity contribution in [1.82, 2.24) is 10.2 Å². The molecule has 11 heteroatoms. The Balaban J connectivity index is 1.56. The van der Waals surface area contributed by atoms with Gasteiger partial charge in [-0.25, -0.2) is 0 Å². The number of ether oxygens (including phenoxy) is 2. The van der Waals surface area contributed by atoms with Gasteiger partial charge < -0.3 is 29.9 Å². The number of carbonyl (C=O) groups excluding carboxylic acids is 2. The molecule has 0 spiro atoms. The van der Waals surface area contributed by atoms with E-state index in [0.29, 0.717) is 17.1 Å². The summed E-state index contributed by atoms with van der Waals surface area (Å²) in [4.78, 5) is 28.7. The quantitative estimate of drug-likeness (QED) is 0.348. The van der Waals surface area contributed by atoms with Crippen molar-refractivity contribution in [2.75, 3.05) is 26.8 Å². The molecule has 1 aliphatic carbocycles. The number of rotatable bonds is 9. The van der Waals surface area contributed by atoms with Crippen LogP contribution in [0.1, 0.15) is 33.0 Å². The molecule has 8 nitrogen and oxygen atoms in total. The summed E-state index contributed by atoms with van der Waals surface area (Å²) in [7, 11) is 1.52. The first-order valence-electron chi connectivity index (χ1n) is 13.8. The smallest absolute Gasteiger partial charge is 0.416 e. The molecule has 0 unspecified atom stereocenters. The maximum atomic E-state index is 14.0. The maximum absolute atomic E-state index is 14.0. The molecule has 0 fully saturated rings. The van der Waals surface area contributed by atoms with Crippen molar-refractivity contribution in [2.24, 2.45) is 0 Å². The predicted molar refractivity (Wildman–Crippen MR) is 151 cm³/mol. The summed E-state index contributed by atoms with van der Waals surface area (Å²) in [6.45, 7) is -0.261. The van der Waals surface area contributed by atoms with E-state index < -0.39 is 47.7 Å². The van der Waals surface area contributed by atoms with Gasteiger partial charge in [-0.2, -0.15) is 13.2 Å². The highest BCUT2D eigenvalue weighted by Gasteiger charge is 2.50. The van der Waals surface area contributed by atoms with Crippen molar-refractivity contribution < 1.29 is 42.4 Å². The van der Waals surface area contributed by atoms with Crippen molar-refractivity contribution in [2.45, 2.75) is 36.8 Å². The molecule has 0 saturated heterocycles. The summed E-state index contributed by atoms with van der Waals surface area (Å²) in [5.74, 6) is -0.685. The standard InChI is InChI=1S/C32H31F3N2O6/c1-42-25-8-4-2-6-19(25)14-16-37(31(41)20-10-12-21(13-11-20)32(33,34)35)24-18-23(30(40)36-15-17-38)27-22-7-3-5-9-26(22)43-29(27)28(24)39/h2-13,18,24,27-29,38-39H,14-17H2,1H3,(H,36,40)/t24-,27+,28+,29+/m1/s1. The first kappa shape index (κ1) is 30.1. The number of benzene rings is 3. The molecule has 1 heterocycles. The Morgan fingerprint density at radius 3 is 2.42 bits per heavy atom. The van der Waals surface area contributed by atoms with Crippen LogP contribution in [0.5, 0.6) is 11.5 Å². The van der Waals surface area contributed by atoms with E-state index in [1.165, 1.54) is 18.1 Å². The fourth-order valence-electron chi connectivity index (χ4n) is 5.70. The largest absolute Gasteiger partial charge is 0.496 e. The Morgan fingerprint density at radius 1 is 1.02 bits per heavy atom. The molecular formula is C32H31F3N2O6. The molecule has 3 N–H and O–H groups in total. The highest BCUT2D eigenvalue weighted by atomic mass is 19.4. The normalized spacial score (nSPS) is 20.7. The number of aliphatic hydroxyl groups is 2. The second-order valence-corrected chi connectivity index (χ2v) is 10.3. The van der Waals surface area contributed by atoms with Gasteiger partial charge in [0.15, 0.2) is 0 Å². The minimum Gasteiger partial charge on any atom is -0.496 e. The number of halogens is 3. The number of para-hydroxylation sites is 2. The fourth-order valence-corrected chi connectivity index (χ4v) is 5.70. The Morgan fingerprint density at radius 2 is 1.72 bits per heavy atom. The summed E-state index contributed by atoms with van der Waals surface area (Å²) in [5.41, 5.74) is 0.807. The summed E-state index contributed by atoms with van der Waals surface area (Å²) >= 11 is 0. The van der Waals surface area contributed by atoms with E-state index in [9.17, 15) is 33.0 Å². The second-order valence-electron chi connectivity index (χ2n) is 10.3. The molecule has 0 saturated carbocycles. The van der Waals surface area contributed by atoms with E-state index >= 15 is 0 Å². The van der Waals surface area contributed by atoms with Crippen LogP contribution in [-0.4, -0.2) is 72.0 Å². The molecule has 226 valence electrons. The number of alkyl halides is 3. The van der Waals surface area contributed by atoms with Crippen LogP contribution in [-0.2, 0) is 17.4 Å². The number of carbonyl (C=O) groups is 2. The number of fused-ring (bicyclic) bond motifs is 3. The van der Waals surface area contributed by atoms with Crippen LogP contribution in [0.2, 0.25) is 0 Å². The number of amides is 2. The lowest BCUT2D eigenvalue weighted by Crippen LogP contribution is -2.56. The number of nitrogens with one attached hydrogen (secondary N) is 1. The SMILES string of the molecule is COc1ccccc1CCN(C(=O)c1ccc(C(F)(F)F)cc1)[C@@H]1C=C(C(=O)NCCO)[C@@H]2c3ccccc3O[C@@H]2[C@H]1O. The van der Waals surface area contributed by atoms with Crippen LogP contribution in [0.15, 0.2) is 84.4 Å². The molecular weight excluding hydrogens is 565 g/mol. The van der Waals surface area contributed by atoms with Gasteiger partial charge in [-0.1, -0.05) is 36.4 Å². The molecule has 3 aromatic rings. The summed E-state index contributed by atoms with van der Waals surface area (Å²) in [6.07, 6.45) is -4.98. The van der Waals surface area contributed by atoms with E-state index in [2.05, 4.69) is 5.32 Å². The monoisotopic (exact) mass is 596 g/mol. The third kappa shape index (κ3) is 6.09. The van der Waals surface area contributed by atoms with Gasteiger partial charge >= 0.3 is 6.18 Å². The molecule has 0 radical (unpaired) electrons. The Bertz CT molecular complexity index is 1510. The number of hydrogen-bond acceptors (Lipinski definition) is 6. The third-order valence-corrected chi connectivity index (χ3v) is 7.77. The number of aliphatic hydroxyl groups excluding tert-OH is 2. The lowest BCUT2D eigenvalue weighted by atomic mass is 9.77. The highest BCUT2D eigenvalue weighted by molar-refractivity contribution is 5.97. The van der Waals surface area contributed by atoms with Gasteiger partial charge in [0.2, 0.25) is 5.91 Å². The molecule has 3 aromatic carbocycles. The lowest BCUT2D eigenvalue weighted by molar-refractivity contribution is -0.137. The molecule has 2 aliphatic rings. The third-order valence-electron chi connectivity index (χ3n) is 7.77. The van der Waals surface area contributed by atoms with Gasteiger partial charge in [-0.15, -0.1) is 0 Å². The predicted octanol–water partition coefficient (Wildman–Crippen LogP) is 3.72. The first-order valence-corrected chi connectivity index (χ1v) is 13.8. The molecule has 5 rings (SSSR count). The molecule has 1 aliphatic heterocycles. The van der Waals surface area contributed by atoms with E-state index in [1.54, 1.807) is 36.4 Å². The van der Waals surface area contributed by atoms with Gasteiger partial charge in [-0.3, -0.25) is 9.59 Å². The summed E-state index contributed by atoms with van der Waals surface area (Å²) < 4.78 is 51.3. The highest BCUT2D eigenvalue weighted by Crippen LogP contribution is 2.47. The minimum atomic E-state index is -4.58. The van der Waals surface area contributed by atoms with E-state index in [-0.39, 0.29) is 37.3 Å². The van der Waals surface area contributed by atoms with E-state index in [0.717, 1.165) is 29.8 Å². The first-order chi connectivity index (χ1) is 20.6. The average Bonchev–Trinajstić information content (AvgIpc) is 3.41. The zero-order valence-corrected chi connectivity index (χ0v) is 23.3. The van der Waals surface area contributed by atoms with Gasteiger partial charge in [0.25, 0.3) is 5.91 Å². The maximum Gasteiger partial charge on any atom is 0.416 e. The Labute approximate surface area is 246 Å². The van der Waals surface area contributed by atoms with Crippen LogP contribution in [0, 0.1) is 0 Å². The molecule has 0 bridgehead atoms. The topological polar surface area (TPSA) is 108 Å². The lowest BCUT2D eigenvalue weighted by Gasteiger charge is -2.41. The molecule has 0 aromatic heterocycles. The van der Waals surface area contributed by atoms with Gasteiger partial charge in [0.1, 0.15) is 23.7 Å². The van der Waals surface area contributed by atoms with Crippen LogP contribution < -0.4 is 14.8 Å². The van der Waals surface area contributed by atoms with Crippen LogP contribution in [0.3, 0.4) is 0 Å². The van der Waals surface area contributed by atoms with Gasteiger partial charge in [0.05, 0.1) is 31.2 Å². The van der Waals surface area contributed by atoms with E-state index in [4.69, 9.17) is 9.47 Å². The molecule has 4 atom stereocenters. The Hall–Kier alpha value is -4.35. The number of hydrogen-bond donors (Lipinski definition) is 3. The second kappa shape index (κ2) is 12.5. The number of methoxy groups -OCH3 is 1. The van der Waals surface area contributed by atoms with Gasteiger partial charge in [-0.05, 0) is 54.5 Å².